The number of hydrogen-bond donors (Lipinski definition) is 4. The number of rotatable bonds is 5. The van der Waals surface area contributed by atoms with Gasteiger partial charge in [-0.25, -0.2) is 4.79 Å². The Hall–Kier alpha value is -1.79. The zero-order chi connectivity index (χ0) is 12.1. The average molecular weight is 229 g/mol. The second kappa shape index (κ2) is 5.34. The maximum atomic E-state index is 11.1. The minimum atomic E-state index is -1.13. The van der Waals surface area contributed by atoms with Crippen molar-refractivity contribution in [3.05, 3.63) is 0 Å². The summed E-state index contributed by atoms with van der Waals surface area (Å²) in [6.07, 6.45) is 1.96. The molecule has 1 atom stereocenters. The van der Waals surface area contributed by atoms with Gasteiger partial charge in [0.2, 0.25) is 5.91 Å². The highest BCUT2D eigenvalue weighted by atomic mass is 16.4. The summed E-state index contributed by atoms with van der Waals surface area (Å²) in [6, 6.07) is -1.40. The van der Waals surface area contributed by atoms with Crippen molar-refractivity contribution in [1.82, 2.24) is 16.0 Å². The fourth-order valence-electron chi connectivity index (χ4n) is 0.976. The Morgan fingerprint density at radius 2 is 2.00 bits per heavy atom. The molecule has 0 bridgehead atoms. The number of hydrogen-bond acceptors (Lipinski definition) is 3. The van der Waals surface area contributed by atoms with Crippen molar-refractivity contribution in [2.75, 3.05) is 6.54 Å². The number of carbonyl (C=O) groups is 3. The molecular formula is C9H15N3O4. The summed E-state index contributed by atoms with van der Waals surface area (Å²) < 4.78 is 0. The van der Waals surface area contributed by atoms with Gasteiger partial charge in [0.25, 0.3) is 0 Å². The van der Waals surface area contributed by atoms with Crippen LogP contribution in [0, 0.1) is 0 Å². The molecule has 0 unspecified atom stereocenters. The smallest absolute Gasteiger partial charge is 0.325 e. The number of amides is 3. The predicted octanol–water partition coefficient (Wildman–Crippen LogP) is -0.963. The molecule has 0 heterocycles. The SMILES string of the molecule is C[C@@H](NC(=O)NCC(=O)NC1CC1)C(=O)O. The van der Waals surface area contributed by atoms with Crippen molar-refractivity contribution < 1.29 is 19.5 Å². The van der Waals surface area contributed by atoms with Gasteiger partial charge < -0.3 is 21.1 Å². The standard InChI is InChI=1S/C9H15N3O4/c1-5(8(14)15)11-9(16)10-4-7(13)12-6-2-3-6/h5-6H,2-4H2,1H3,(H,12,13)(H,14,15)(H2,10,11,16)/t5-/m1/s1. The molecule has 0 aliphatic heterocycles. The van der Waals surface area contributed by atoms with E-state index in [4.69, 9.17) is 5.11 Å². The number of carboxylic acid groups (broad SMARTS) is 1. The van der Waals surface area contributed by atoms with Gasteiger partial charge in [0.1, 0.15) is 6.04 Å². The molecule has 0 saturated heterocycles. The molecule has 1 saturated carbocycles. The van der Waals surface area contributed by atoms with Gasteiger partial charge >= 0.3 is 12.0 Å². The minimum Gasteiger partial charge on any atom is -0.480 e. The average Bonchev–Trinajstić information content (AvgIpc) is 2.98. The van der Waals surface area contributed by atoms with Gasteiger partial charge in [-0.05, 0) is 19.8 Å². The van der Waals surface area contributed by atoms with Crippen LogP contribution in [0.4, 0.5) is 4.79 Å². The molecule has 0 spiro atoms. The number of urea groups is 1. The highest BCUT2D eigenvalue weighted by Gasteiger charge is 2.23. The van der Waals surface area contributed by atoms with Gasteiger partial charge in [0, 0.05) is 6.04 Å². The lowest BCUT2D eigenvalue weighted by atomic mass is 10.3. The lowest BCUT2D eigenvalue weighted by Crippen LogP contribution is -2.47. The highest BCUT2D eigenvalue weighted by molar-refractivity contribution is 5.86. The first-order chi connectivity index (χ1) is 7.49. The van der Waals surface area contributed by atoms with E-state index in [0.29, 0.717) is 0 Å². The number of carbonyl (C=O) groups excluding carboxylic acids is 2. The largest absolute Gasteiger partial charge is 0.480 e. The lowest BCUT2D eigenvalue weighted by molar-refractivity contribution is -0.138. The van der Waals surface area contributed by atoms with E-state index in [1.807, 2.05) is 0 Å². The second-order valence-corrected chi connectivity index (χ2v) is 3.73. The van der Waals surface area contributed by atoms with Crippen molar-refractivity contribution in [2.45, 2.75) is 31.8 Å². The van der Waals surface area contributed by atoms with E-state index in [1.54, 1.807) is 0 Å². The third kappa shape index (κ3) is 4.63. The Balaban J connectivity index is 2.13. The summed E-state index contributed by atoms with van der Waals surface area (Å²) in [4.78, 5) is 32.7. The van der Waals surface area contributed by atoms with Gasteiger partial charge in [-0.3, -0.25) is 9.59 Å². The van der Waals surface area contributed by atoms with E-state index in [2.05, 4.69) is 16.0 Å². The molecule has 1 rings (SSSR count). The Kier molecular flexibility index (Phi) is 4.10. The van der Waals surface area contributed by atoms with Crippen LogP contribution in [-0.2, 0) is 9.59 Å². The summed E-state index contributed by atoms with van der Waals surface area (Å²) in [7, 11) is 0. The molecule has 4 N–H and O–H groups in total. The molecule has 0 aromatic rings. The molecule has 90 valence electrons. The summed E-state index contributed by atoms with van der Waals surface area (Å²) in [5.74, 6) is -1.39. The van der Waals surface area contributed by atoms with Crippen LogP contribution in [0.25, 0.3) is 0 Å². The van der Waals surface area contributed by atoms with E-state index in [0.717, 1.165) is 12.8 Å². The molecule has 3 amide bonds. The van der Waals surface area contributed by atoms with E-state index in [1.165, 1.54) is 6.92 Å². The van der Waals surface area contributed by atoms with Crippen molar-refractivity contribution in [1.29, 1.82) is 0 Å². The van der Waals surface area contributed by atoms with Gasteiger partial charge in [-0.1, -0.05) is 0 Å². The summed E-state index contributed by atoms with van der Waals surface area (Å²) in [6.45, 7) is 1.20. The van der Waals surface area contributed by atoms with Gasteiger partial charge in [0.15, 0.2) is 0 Å². The van der Waals surface area contributed by atoms with E-state index in [-0.39, 0.29) is 18.5 Å². The van der Waals surface area contributed by atoms with Crippen LogP contribution in [0.3, 0.4) is 0 Å². The number of carboxylic acids is 1. The lowest BCUT2D eigenvalue weighted by Gasteiger charge is -2.10. The molecule has 0 aromatic heterocycles. The normalized spacial score (nSPS) is 16.1. The van der Waals surface area contributed by atoms with E-state index >= 15 is 0 Å². The van der Waals surface area contributed by atoms with Crippen LogP contribution in [0.15, 0.2) is 0 Å². The first-order valence-corrected chi connectivity index (χ1v) is 5.05. The monoisotopic (exact) mass is 229 g/mol. The van der Waals surface area contributed by atoms with Gasteiger partial charge in [-0.2, -0.15) is 0 Å². The van der Waals surface area contributed by atoms with Gasteiger partial charge in [-0.15, -0.1) is 0 Å². The van der Waals surface area contributed by atoms with E-state index < -0.39 is 18.0 Å². The van der Waals surface area contributed by atoms with Crippen LogP contribution >= 0.6 is 0 Å². The third-order valence-electron chi connectivity index (χ3n) is 2.07. The third-order valence-corrected chi connectivity index (χ3v) is 2.07. The molecule has 7 nitrogen and oxygen atoms in total. The van der Waals surface area contributed by atoms with E-state index in [9.17, 15) is 14.4 Å². The molecule has 16 heavy (non-hydrogen) atoms. The molecule has 7 heteroatoms. The fourth-order valence-corrected chi connectivity index (χ4v) is 0.976. The summed E-state index contributed by atoms with van der Waals surface area (Å²) >= 11 is 0. The van der Waals surface area contributed by atoms with Gasteiger partial charge in [0.05, 0.1) is 6.54 Å². The molecule has 1 aliphatic carbocycles. The van der Waals surface area contributed by atoms with Crippen LogP contribution in [0.2, 0.25) is 0 Å². The molecule has 1 fully saturated rings. The first-order valence-electron chi connectivity index (χ1n) is 5.05. The highest BCUT2D eigenvalue weighted by Crippen LogP contribution is 2.18. The quantitative estimate of drug-likeness (QED) is 0.487. The van der Waals surface area contributed by atoms with Crippen molar-refractivity contribution in [3.63, 3.8) is 0 Å². The van der Waals surface area contributed by atoms with Crippen LogP contribution in [0.5, 0.6) is 0 Å². The minimum absolute atomic E-state index is 0.144. The topological polar surface area (TPSA) is 108 Å². The predicted molar refractivity (Wildman–Crippen MR) is 54.8 cm³/mol. The fraction of sp³-hybridized carbons (Fsp3) is 0.667. The zero-order valence-electron chi connectivity index (χ0n) is 8.95. The van der Waals surface area contributed by atoms with Crippen LogP contribution < -0.4 is 16.0 Å². The zero-order valence-corrected chi connectivity index (χ0v) is 8.95. The second-order valence-electron chi connectivity index (χ2n) is 3.73. The number of aliphatic carboxylic acids is 1. The van der Waals surface area contributed by atoms with Crippen LogP contribution in [-0.4, -0.2) is 41.6 Å². The molecule has 1 aliphatic rings. The molecular weight excluding hydrogens is 214 g/mol. The van der Waals surface area contributed by atoms with Crippen molar-refractivity contribution >= 4 is 17.9 Å². The Bertz CT molecular complexity index is 301. The number of nitrogens with one attached hydrogen (secondary N) is 3. The Morgan fingerprint density at radius 3 is 2.50 bits per heavy atom. The first kappa shape index (κ1) is 12.3. The van der Waals surface area contributed by atoms with Crippen molar-refractivity contribution in [2.24, 2.45) is 0 Å². The molecule has 0 aromatic carbocycles. The summed E-state index contributed by atoms with van der Waals surface area (Å²) in [5.41, 5.74) is 0. The molecule has 0 radical (unpaired) electrons. The Labute approximate surface area is 92.6 Å². The maximum absolute atomic E-state index is 11.1. The van der Waals surface area contributed by atoms with Crippen LogP contribution in [0.1, 0.15) is 19.8 Å². The summed E-state index contributed by atoms with van der Waals surface area (Å²) in [5, 5.41) is 15.7. The van der Waals surface area contributed by atoms with Crippen molar-refractivity contribution in [3.8, 4) is 0 Å². The maximum Gasteiger partial charge on any atom is 0.325 e. The Morgan fingerprint density at radius 1 is 1.38 bits per heavy atom.